The summed E-state index contributed by atoms with van der Waals surface area (Å²) in [6, 6.07) is 18.2. The summed E-state index contributed by atoms with van der Waals surface area (Å²) in [5.74, 6) is -1.78. The molecule has 0 unspecified atom stereocenters. The molecule has 0 aromatic heterocycles. The highest BCUT2D eigenvalue weighted by Crippen LogP contribution is 2.27. The largest absolute Gasteiger partial charge is 0.488 e. The number of amides is 2. The van der Waals surface area contributed by atoms with Gasteiger partial charge in [-0.25, -0.2) is 9.29 Å². The fraction of sp³-hybridized carbons (Fsp3) is 0.0417. The number of anilines is 1. The Morgan fingerprint density at radius 2 is 1.71 bits per heavy atom. The van der Waals surface area contributed by atoms with Crippen LogP contribution in [0.1, 0.15) is 11.1 Å². The van der Waals surface area contributed by atoms with Crippen molar-refractivity contribution in [1.82, 2.24) is 5.32 Å². The van der Waals surface area contributed by atoms with Gasteiger partial charge in [-0.1, -0.05) is 30.3 Å². The molecule has 1 heterocycles. The van der Waals surface area contributed by atoms with E-state index in [0.29, 0.717) is 16.9 Å². The maximum atomic E-state index is 14.3. The standard InChI is InChI=1S/C24H16FN3O5S/c25-19-6-2-3-7-20(19)27-23(30)18(22(29)26-24(27)34)13-16-5-1-4-8-21(16)33-14-15-9-11-17(12-10-15)28(31)32/h1-13H,14H2,(H,26,29,34)/b18-13-. The molecule has 10 heteroatoms. The maximum Gasteiger partial charge on any atom is 0.270 e. The zero-order valence-corrected chi connectivity index (χ0v) is 18.3. The van der Waals surface area contributed by atoms with E-state index >= 15 is 0 Å². The van der Waals surface area contributed by atoms with Crippen molar-refractivity contribution in [2.45, 2.75) is 6.61 Å². The number of hydrogen-bond acceptors (Lipinski definition) is 6. The quantitative estimate of drug-likeness (QED) is 0.188. The van der Waals surface area contributed by atoms with Crippen LogP contribution in [0.2, 0.25) is 0 Å². The van der Waals surface area contributed by atoms with E-state index in [9.17, 15) is 24.1 Å². The molecule has 2 amide bonds. The van der Waals surface area contributed by atoms with Gasteiger partial charge >= 0.3 is 0 Å². The SMILES string of the molecule is O=C1NC(=S)N(c2ccccc2F)C(=O)/C1=C\c1ccccc1OCc1ccc([N+](=O)[O-])cc1. The highest BCUT2D eigenvalue weighted by Gasteiger charge is 2.35. The number of nitro groups is 1. The van der Waals surface area contributed by atoms with E-state index in [1.54, 1.807) is 42.5 Å². The molecular formula is C24H16FN3O5S. The Balaban J connectivity index is 1.61. The van der Waals surface area contributed by atoms with Crippen molar-refractivity contribution in [2.75, 3.05) is 4.90 Å². The first-order valence-electron chi connectivity index (χ1n) is 9.96. The number of benzene rings is 3. The number of nitrogens with zero attached hydrogens (tertiary/aromatic N) is 2. The first-order valence-corrected chi connectivity index (χ1v) is 10.4. The molecule has 4 rings (SSSR count). The molecule has 170 valence electrons. The summed E-state index contributed by atoms with van der Waals surface area (Å²) in [6.45, 7) is 0.101. The lowest BCUT2D eigenvalue weighted by atomic mass is 10.1. The Labute approximate surface area is 198 Å². The summed E-state index contributed by atoms with van der Waals surface area (Å²) in [5, 5.41) is 13.0. The number of halogens is 1. The van der Waals surface area contributed by atoms with Gasteiger partial charge < -0.3 is 4.74 Å². The molecule has 0 aliphatic carbocycles. The number of rotatable bonds is 6. The smallest absolute Gasteiger partial charge is 0.270 e. The fourth-order valence-electron chi connectivity index (χ4n) is 3.27. The van der Waals surface area contributed by atoms with E-state index in [1.807, 2.05) is 0 Å². The van der Waals surface area contributed by atoms with Gasteiger partial charge in [-0.2, -0.15) is 0 Å². The molecule has 3 aromatic rings. The van der Waals surface area contributed by atoms with Crippen molar-refractivity contribution in [2.24, 2.45) is 0 Å². The lowest BCUT2D eigenvalue weighted by Crippen LogP contribution is -2.54. The molecule has 0 saturated carbocycles. The van der Waals surface area contributed by atoms with Gasteiger partial charge in [0.1, 0.15) is 23.7 Å². The van der Waals surface area contributed by atoms with Crippen molar-refractivity contribution in [3.8, 4) is 5.75 Å². The number of non-ortho nitro benzene ring substituents is 1. The molecular weight excluding hydrogens is 461 g/mol. The van der Waals surface area contributed by atoms with E-state index in [2.05, 4.69) is 5.32 Å². The van der Waals surface area contributed by atoms with Gasteiger partial charge in [-0.05, 0) is 54.2 Å². The van der Waals surface area contributed by atoms with Crippen molar-refractivity contribution in [3.05, 3.63) is 105 Å². The molecule has 0 spiro atoms. The molecule has 1 aliphatic heterocycles. The first kappa shape index (κ1) is 22.7. The second-order valence-corrected chi connectivity index (χ2v) is 7.55. The summed E-state index contributed by atoms with van der Waals surface area (Å²) in [5.41, 5.74) is 0.766. The van der Waals surface area contributed by atoms with Gasteiger partial charge in [0.15, 0.2) is 5.11 Å². The molecule has 0 atom stereocenters. The van der Waals surface area contributed by atoms with E-state index in [1.165, 1.54) is 36.4 Å². The molecule has 1 saturated heterocycles. The van der Waals surface area contributed by atoms with Crippen molar-refractivity contribution < 1.29 is 23.6 Å². The minimum absolute atomic E-state index is 0.0342. The van der Waals surface area contributed by atoms with Crippen LogP contribution in [0.15, 0.2) is 78.4 Å². The minimum Gasteiger partial charge on any atom is -0.488 e. The number of carbonyl (C=O) groups is 2. The number of thiocarbonyl (C=S) groups is 1. The number of hydrogen-bond donors (Lipinski definition) is 1. The second-order valence-electron chi connectivity index (χ2n) is 7.16. The molecule has 3 aromatic carbocycles. The molecule has 1 aliphatic rings. The summed E-state index contributed by atoms with van der Waals surface area (Å²) in [7, 11) is 0. The van der Waals surface area contributed by atoms with Crippen LogP contribution in [0.4, 0.5) is 15.8 Å². The highest BCUT2D eigenvalue weighted by molar-refractivity contribution is 7.80. The molecule has 1 N–H and O–H groups in total. The van der Waals surface area contributed by atoms with Crippen LogP contribution in [0.3, 0.4) is 0 Å². The Morgan fingerprint density at radius 1 is 1.03 bits per heavy atom. The Morgan fingerprint density at radius 3 is 2.41 bits per heavy atom. The van der Waals surface area contributed by atoms with Gasteiger partial charge in [-0.15, -0.1) is 0 Å². The fourth-order valence-corrected chi connectivity index (χ4v) is 3.54. The molecule has 0 radical (unpaired) electrons. The Kier molecular flexibility index (Phi) is 6.42. The Hall–Kier alpha value is -4.44. The monoisotopic (exact) mass is 477 g/mol. The predicted molar refractivity (Wildman–Crippen MR) is 126 cm³/mol. The van der Waals surface area contributed by atoms with Crippen LogP contribution in [0.25, 0.3) is 6.08 Å². The number of para-hydroxylation sites is 2. The van der Waals surface area contributed by atoms with Crippen LogP contribution >= 0.6 is 12.2 Å². The van der Waals surface area contributed by atoms with Crippen molar-refractivity contribution in [3.63, 3.8) is 0 Å². The van der Waals surface area contributed by atoms with Gasteiger partial charge in [0, 0.05) is 17.7 Å². The predicted octanol–water partition coefficient (Wildman–Crippen LogP) is 4.14. The number of carbonyl (C=O) groups excluding carboxylic acids is 2. The van der Waals surface area contributed by atoms with Crippen LogP contribution in [0, 0.1) is 15.9 Å². The van der Waals surface area contributed by atoms with Crippen LogP contribution in [0.5, 0.6) is 5.75 Å². The first-order chi connectivity index (χ1) is 16.3. The molecule has 8 nitrogen and oxygen atoms in total. The van der Waals surface area contributed by atoms with Crippen LogP contribution < -0.4 is 15.0 Å². The average molecular weight is 477 g/mol. The maximum absolute atomic E-state index is 14.3. The van der Waals surface area contributed by atoms with Crippen LogP contribution in [-0.2, 0) is 16.2 Å². The van der Waals surface area contributed by atoms with Gasteiger partial charge in [0.2, 0.25) is 0 Å². The van der Waals surface area contributed by atoms with E-state index in [4.69, 9.17) is 17.0 Å². The summed E-state index contributed by atoms with van der Waals surface area (Å²) in [6.07, 6.45) is 1.35. The summed E-state index contributed by atoms with van der Waals surface area (Å²) in [4.78, 5) is 36.9. The van der Waals surface area contributed by atoms with E-state index in [-0.39, 0.29) is 28.7 Å². The van der Waals surface area contributed by atoms with Crippen LogP contribution in [-0.4, -0.2) is 21.9 Å². The molecule has 0 bridgehead atoms. The Bertz CT molecular complexity index is 1340. The zero-order valence-electron chi connectivity index (χ0n) is 17.4. The lowest BCUT2D eigenvalue weighted by molar-refractivity contribution is -0.384. The second kappa shape index (κ2) is 9.59. The minimum atomic E-state index is -0.774. The number of nitro benzene ring substituents is 1. The van der Waals surface area contributed by atoms with E-state index in [0.717, 1.165) is 4.90 Å². The third kappa shape index (κ3) is 4.66. The zero-order chi connectivity index (χ0) is 24.2. The van der Waals surface area contributed by atoms with Crippen molar-refractivity contribution in [1.29, 1.82) is 0 Å². The lowest BCUT2D eigenvalue weighted by Gasteiger charge is -2.29. The summed E-state index contributed by atoms with van der Waals surface area (Å²) < 4.78 is 20.2. The van der Waals surface area contributed by atoms with E-state index < -0.39 is 22.6 Å². The normalized spacial score (nSPS) is 14.8. The van der Waals surface area contributed by atoms with Gasteiger partial charge in [0.25, 0.3) is 17.5 Å². The summed E-state index contributed by atoms with van der Waals surface area (Å²) >= 11 is 5.10. The third-order valence-corrected chi connectivity index (χ3v) is 5.24. The van der Waals surface area contributed by atoms with Gasteiger partial charge in [-0.3, -0.25) is 25.0 Å². The molecule has 1 fully saturated rings. The van der Waals surface area contributed by atoms with Gasteiger partial charge in [0.05, 0.1) is 10.6 Å². The number of ether oxygens (including phenoxy) is 1. The molecule has 34 heavy (non-hydrogen) atoms. The third-order valence-electron chi connectivity index (χ3n) is 4.96. The van der Waals surface area contributed by atoms with Crippen molar-refractivity contribution >= 4 is 46.6 Å². The highest BCUT2D eigenvalue weighted by atomic mass is 32.1. The average Bonchev–Trinajstić information content (AvgIpc) is 2.82. The topological polar surface area (TPSA) is 102 Å². The number of nitrogens with one attached hydrogen (secondary N) is 1.